The van der Waals surface area contributed by atoms with Crippen molar-refractivity contribution in [2.24, 2.45) is 0 Å². The van der Waals surface area contributed by atoms with Gasteiger partial charge in [0.15, 0.2) is 28.5 Å². The second-order valence-corrected chi connectivity index (χ2v) is 18.2. The van der Waals surface area contributed by atoms with Crippen LogP contribution in [0.5, 0.6) is 28.7 Å². The van der Waals surface area contributed by atoms with E-state index in [9.17, 15) is 20.0 Å². The minimum atomic E-state index is -1.49. The number of hydrogen-bond donors (Lipinski definition) is 4. The number of esters is 2. The number of benzene rings is 3. The number of amides is 1. The van der Waals surface area contributed by atoms with Crippen molar-refractivity contribution >= 4 is 40.7 Å². The molecule has 0 aliphatic carbocycles. The Morgan fingerprint density at radius 3 is 2.70 bits per heavy atom. The zero-order valence-electron chi connectivity index (χ0n) is 35.5. The number of nitrogens with one attached hydrogen (secondary N) is 3. The smallest absolute Gasteiger partial charge is 0.407 e. The number of phenols is 1. The summed E-state index contributed by atoms with van der Waals surface area (Å²) >= 11 is 1.47. The summed E-state index contributed by atoms with van der Waals surface area (Å²) in [6.07, 6.45) is 1.81. The van der Waals surface area contributed by atoms with E-state index >= 15 is 4.79 Å². The Kier molecular flexibility index (Phi) is 10.0. The highest BCUT2D eigenvalue weighted by Crippen LogP contribution is 2.64. The Hall–Kier alpha value is -5.93. The lowest BCUT2D eigenvalue weighted by atomic mass is 9.71. The van der Waals surface area contributed by atoms with E-state index in [-0.39, 0.29) is 44.1 Å². The SMILES string of the molecule is C=CCOC(=O)NC[C@H]1Cc2c([nH]c3ccccc23)[C@@]2(CS[C@@H]3c4c(OC(C)=O)c(C)c5c(c4[C@H](COC2=O)N2[C@@H]3[C@H]3c4c(cc(C)c(OC)c4O)C[C@@H]([C@@H]2C#N)N3C)OCO5)N1. The summed E-state index contributed by atoms with van der Waals surface area (Å²) in [4.78, 5) is 49.1. The number of carbonyl (C=O) groups excluding carboxylic acids is 3. The highest BCUT2D eigenvalue weighted by atomic mass is 32.2. The molecule has 4 N–H and O–H groups in total. The molecule has 0 unspecified atom stereocenters. The zero-order valence-corrected chi connectivity index (χ0v) is 36.4. The number of nitriles is 1. The zero-order chi connectivity index (χ0) is 44.1. The van der Waals surface area contributed by atoms with Crippen molar-refractivity contribution in [3.63, 3.8) is 0 Å². The molecule has 1 spiro atoms. The predicted octanol–water partition coefficient (Wildman–Crippen LogP) is 5.03. The van der Waals surface area contributed by atoms with Gasteiger partial charge >= 0.3 is 18.0 Å². The number of aromatic amines is 1. The normalized spacial score (nSPS) is 27.9. The molecule has 4 bridgehead atoms. The molecule has 1 aromatic heterocycles. The minimum Gasteiger partial charge on any atom is -0.504 e. The van der Waals surface area contributed by atoms with Gasteiger partial charge in [-0.2, -0.15) is 5.26 Å². The van der Waals surface area contributed by atoms with Crippen molar-refractivity contribution in [1.82, 2.24) is 25.4 Å². The number of H-pyrrole nitrogens is 1. The molecule has 1 amide bonds. The number of likely N-dealkylation sites (N-methyl/N-ethyl adjacent to an activating group) is 1. The van der Waals surface area contributed by atoms with Crippen LogP contribution >= 0.6 is 11.8 Å². The second kappa shape index (κ2) is 15.4. The Bertz CT molecular complexity index is 2660. The van der Waals surface area contributed by atoms with Crippen LogP contribution in [0.4, 0.5) is 4.79 Å². The maximum atomic E-state index is 15.3. The van der Waals surface area contributed by atoms with Gasteiger partial charge in [0, 0.05) is 70.5 Å². The van der Waals surface area contributed by atoms with Crippen LogP contribution in [0.1, 0.15) is 68.9 Å². The number of carbonyl (C=O) groups is 3. The number of aryl methyl sites for hydroxylation is 1. The summed E-state index contributed by atoms with van der Waals surface area (Å²) in [6.45, 7) is 8.58. The number of alkyl carbamates (subject to hydrolysis) is 1. The summed E-state index contributed by atoms with van der Waals surface area (Å²) in [5, 5.41) is 30.3. The maximum Gasteiger partial charge on any atom is 0.407 e. The van der Waals surface area contributed by atoms with E-state index in [0.29, 0.717) is 63.8 Å². The molecule has 16 nitrogen and oxygen atoms in total. The summed E-state index contributed by atoms with van der Waals surface area (Å²) in [7, 11) is 3.52. The van der Waals surface area contributed by atoms with Crippen LogP contribution in [0.3, 0.4) is 0 Å². The van der Waals surface area contributed by atoms with Crippen LogP contribution in [0.25, 0.3) is 10.9 Å². The number of fused-ring (bicyclic) bond motifs is 11. The number of methoxy groups -OCH3 is 1. The quantitative estimate of drug-likeness (QED) is 0.114. The molecule has 7 aliphatic heterocycles. The van der Waals surface area contributed by atoms with Crippen molar-refractivity contribution < 1.29 is 47.9 Å². The fourth-order valence-corrected chi connectivity index (χ4v) is 12.9. The van der Waals surface area contributed by atoms with Crippen LogP contribution in [-0.4, -0.2) is 109 Å². The number of aromatic nitrogens is 1. The van der Waals surface area contributed by atoms with E-state index in [4.69, 9.17) is 28.4 Å². The van der Waals surface area contributed by atoms with Gasteiger partial charge in [0.2, 0.25) is 6.79 Å². The van der Waals surface area contributed by atoms with E-state index in [2.05, 4.69) is 38.1 Å². The number of aromatic hydroxyl groups is 1. The fraction of sp³-hybridized carbons (Fsp3) is 0.435. The molecular formula is C46H48N6O10S. The van der Waals surface area contributed by atoms with Crippen molar-refractivity contribution in [2.45, 2.75) is 80.7 Å². The lowest BCUT2D eigenvalue weighted by molar-refractivity contribution is -0.158. The number of para-hydroxylation sites is 1. The first-order valence-electron chi connectivity index (χ1n) is 21.0. The van der Waals surface area contributed by atoms with Gasteiger partial charge < -0.3 is 43.8 Å². The summed E-state index contributed by atoms with van der Waals surface area (Å²) in [6, 6.07) is 9.17. The van der Waals surface area contributed by atoms with Gasteiger partial charge in [0.25, 0.3) is 0 Å². The number of thioether (sulfide) groups is 1. The van der Waals surface area contributed by atoms with Crippen LogP contribution in [0.15, 0.2) is 43.0 Å². The van der Waals surface area contributed by atoms with Crippen molar-refractivity contribution in [3.05, 3.63) is 87.6 Å². The third-order valence-corrected chi connectivity index (χ3v) is 15.2. The Morgan fingerprint density at radius 2 is 1.94 bits per heavy atom. The van der Waals surface area contributed by atoms with Gasteiger partial charge in [-0.1, -0.05) is 36.9 Å². The molecule has 11 rings (SSSR count). The first-order chi connectivity index (χ1) is 30.4. The molecule has 8 atom stereocenters. The fourth-order valence-electron chi connectivity index (χ4n) is 11.3. The van der Waals surface area contributed by atoms with E-state index in [1.165, 1.54) is 31.9 Å². The van der Waals surface area contributed by atoms with Gasteiger partial charge in [-0.3, -0.25) is 19.9 Å². The third kappa shape index (κ3) is 6.09. The van der Waals surface area contributed by atoms with E-state index < -0.39 is 59.0 Å². The van der Waals surface area contributed by atoms with Crippen LogP contribution in [0.2, 0.25) is 0 Å². The van der Waals surface area contributed by atoms with E-state index in [0.717, 1.165) is 27.6 Å². The van der Waals surface area contributed by atoms with Gasteiger partial charge in [0.1, 0.15) is 25.0 Å². The first-order valence-corrected chi connectivity index (χ1v) is 22.1. The number of piperazine rings is 1. The van der Waals surface area contributed by atoms with E-state index in [1.54, 1.807) is 0 Å². The standard InChI is InChI=1S/C46H48N6O10S/c1-7-12-58-45(56)48-17-25-15-27-26-10-8-9-11-28(26)49-43(27)46(50-25)19-63-42-34-33(41-40(60-20-61-41)22(3)39(34)62-23(4)53)31(18-59-44(46)55)52-30(16-47)29-14-24-13-21(2)38(57-6)37(54)32(24)35(36(42)52)51(29)5/h7-11,13,25,29-31,35-36,42,49-50,54H,1,12,14-15,17-20H2,2-6H3,(H,48,56)/t25-,29+,30+,31+,35-,36-,42-,46-/m1/s1. The summed E-state index contributed by atoms with van der Waals surface area (Å²) in [5.74, 6) is 0.582. The Labute approximate surface area is 367 Å². The molecular weight excluding hydrogens is 829 g/mol. The molecule has 17 heteroatoms. The van der Waals surface area contributed by atoms with Crippen LogP contribution in [0, 0.1) is 25.2 Å². The number of rotatable bonds is 6. The molecule has 0 saturated carbocycles. The topological polar surface area (TPSA) is 197 Å². The lowest BCUT2D eigenvalue weighted by Crippen LogP contribution is -2.69. The highest BCUT2D eigenvalue weighted by molar-refractivity contribution is 7.99. The molecule has 2 fully saturated rings. The summed E-state index contributed by atoms with van der Waals surface area (Å²) in [5.41, 5.74) is 5.16. The average molecular weight is 877 g/mol. The molecule has 0 radical (unpaired) electrons. The van der Waals surface area contributed by atoms with Gasteiger partial charge in [-0.05, 0) is 56.5 Å². The number of hydrogen-bond acceptors (Lipinski definition) is 15. The monoisotopic (exact) mass is 876 g/mol. The van der Waals surface area contributed by atoms with E-state index in [1.807, 2.05) is 51.2 Å². The third-order valence-electron chi connectivity index (χ3n) is 13.7. The van der Waals surface area contributed by atoms with Crippen molar-refractivity contribution in [2.75, 3.05) is 46.5 Å². The van der Waals surface area contributed by atoms with Gasteiger partial charge in [-0.25, -0.2) is 9.59 Å². The maximum absolute atomic E-state index is 15.3. The largest absolute Gasteiger partial charge is 0.504 e. The van der Waals surface area contributed by atoms with Crippen molar-refractivity contribution in [1.29, 1.82) is 5.26 Å². The highest BCUT2D eigenvalue weighted by Gasteiger charge is 2.62. The number of nitrogens with zero attached hydrogens (tertiary/aromatic N) is 3. The average Bonchev–Trinajstić information content (AvgIpc) is 3.91. The van der Waals surface area contributed by atoms with Crippen LogP contribution in [-0.2, 0) is 37.4 Å². The summed E-state index contributed by atoms with van der Waals surface area (Å²) < 4.78 is 36.2. The molecule has 2 saturated heterocycles. The lowest BCUT2D eigenvalue weighted by Gasteiger charge is -2.62. The molecule has 4 aromatic rings. The number of phenolic OH excluding ortho intramolecular Hbond substituents is 1. The van der Waals surface area contributed by atoms with Gasteiger partial charge in [-0.15, -0.1) is 11.8 Å². The predicted molar refractivity (Wildman–Crippen MR) is 230 cm³/mol. The molecule has 8 heterocycles. The minimum absolute atomic E-state index is 0.0277. The molecule has 7 aliphatic rings. The Balaban J connectivity index is 1.20. The second-order valence-electron chi connectivity index (χ2n) is 17.1. The van der Waals surface area contributed by atoms with Crippen molar-refractivity contribution in [3.8, 4) is 34.8 Å². The molecule has 63 heavy (non-hydrogen) atoms. The number of ether oxygens (including phenoxy) is 6. The first kappa shape index (κ1) is 41.1. The van der Waals surface area contributed by atoms with Gasteiger partial charge in [0.05, 0.1) is 36.2 Å². The Morgan fingerprint density at radius 1 is 1.14 bits per heavy atom. The molecule has 328 valence electrons. The van der Waals surface area contributed by atoms with Crippen LogP contribution < -0.4 is 29.6 Å². The molecule has 3 aromatic carbocycles.